The van der Waals surface area contributed by atoms with E-state index < -0.39 is 5.97 Å². The van der Waals surface area contributed by atoms with E-state index in [-0.39, 0.29) is 5.56 Å². The number of benzene rings is 1. The van der Waals surface area contributed by atoms with Gasteiger partial charge < -0.3 is 9.84 Å². The fourth-order valence-corrected chi connectivity index (χ4v) is 2.04. The molecule has 4 nitrogen and oxygen atoms in total. The van der Waals surface area contributed by atoms with Gasteiger partial charge in [0.05, 0.1) is 24.5 Å². The average molecular weight is 322 g/mol. The van der Waals surface area contributed by atoms with Crippen molar-refractivity contribution in [2.45, 2.75) is 13.2 Å². The van der Waals surface area contributed by atoms with Gasteiger partial charge in [-0.3, -0.25) is 4.98 Å². The Balaban J connectivity index is 1.95. The predicted molar refractivity (Wildman–Crippen MR) is 73.8 cm³/mol. The molecule has 0 radical (unpaired) electrons. The van der Waals surface area contributed by atoms with E-state index in [4.69, 9.17) is 9.84 Å². The van der Waals surface area contributed by atoms with Crippen molar-refractivity contribution < 1.29 is 14.6 Å². The van der Waals surface area contributed by atoms with Crippen molar-refractivity contribution in [1.29, 1.82) is 0 Å². The van der Waals surface area contributed by atoms with E-state index in [1.165, 1.54) is 0 Å². The van der Waals surface area contributed by atoms with Crippen LogP contribution >= 0.6 is 15.9 Å². The van der Waals surface area contributed by atoms with Crippen LogP contribution in [-0.2, 0) is 18.0 Å². The number of aromatic carboxylic acids is 1. The molecule has 19 heavy (non-hydrogen) atoms. The topological polar surface area (TPSA) is 59.4 Å². The Labute approximate surface area is 119 Å². The van der Waals surface area contributed by atoms with Crippen molar-refractivity contribution in [2.24, 2.45) is 0 Å². The molecule has 1 N–H and O–H groups in total. The van der Waals surface area contributed by atoms with Crippen molar-refractivity contribution in [1.82, 2.24) is 4.98 Å². The molecule has 1 aromatic heterocycles. The van der Waals surface area contributed by atoms with Crippen LogP contribution < -0.4 is 0 Å². The number of rotatable bonds is 5. The number of pyridine rings is 1. The molecule has 0 atom stereocenters. The van der Waals surface area contributed by atoms with Gasteiger partial charge >= 0.3 is 5.97 Å². The van der Waals surface area contributed by atoms with Gasteiger partial charge in [0.1, 0.15) is 0 Å². The lowest BCUT2D eigenvalue weighted by molar-refractivity contribution is 0.0696. The van der Waals surface area contributed by atoms with Gasteiger partial charge in [0.2, 0.25) is 0 Å². The van der Waals surface area contributed by atoms with Crippen LogP contribution in [0.1, 0.15) is 21.6 Å². The Morgan fingerprint density at radius 3 is 2.74 bits per heavy atom. The van der Waals surface area contributed by atoms with E-state index in [1.54, 1.807) is 24.4 Å². The zero-order chi connectivity index (χ0) is 13.7. The molecule has 0 bridgehead atoms. The summed E-state index contributed by atoms with van der Waals surface area (Å²) in [7, 11) is 0. The molecule has 0 unspecified atom stereocenters. The second-order valence-electron chi connectivity index (χ2n) is 3.93. The summed E-state index contributed by atoms with van der Waals surface area (Å²) in [6.07, 6.45) is 1.72. The van der Waals surface area contributed by atoms with Crippen molar-refractivity contribution in [3.63, 3.8) is 0 Å². The van der Waals surface area contributed by atoms with E-state index in [0.717, 1.165) is 15.7 Å². The van der Waals surface area contributed by atoms with E-state index in [9.17, 15) is 4.79 Å². The van der Waals surface area contributed by atoms with E-state index in [1.807, 2.05) is 18.2 Å². The maximum absolute atomic E-state index is 10.8. The summed E-state index contributed by atoms with van der Waals surface area (Å²) in [5, 5.41) is 8.86. The third-order valence-electron chi connectivity index (χ3n) is 2.53. The fraction of sp³-hybridized carbons (Fsp3) is 0.143. The monoisotopic (exact) mass is 321 g/mol. The van der Waals surface area contributed by atoms with E-state index >= 15 is 0 Å². The number of ether oxygens (including phenoxy) is 1. The molecule has 5 heteroatoms. The van der Waals surface area contributed by atoms with Crippen molar-refractivity contribution in [2.75, 3.05) is 0 Å². The maximum Gasteiger partial charge on any atom is 0.335 e. The summed E-state index contributed by atoms with van der Waals surface area (Å²) < 4.78 is 6.28. The normalized spacial score (nSPS) is 10.4. The second-order valence-corrected chi connectivity index (χ2v) is 4.78. The summed E-state index contributed by atoms with van der Waals surface area (Å²) in [6.45, 7) is 0.824. The molecule has 0 aliphatic rings. The smallest absolute Gasteiger partial charge is 0.335 e. The van der Waals surface area contributed by atoms with Crippen LogP contribution in [0.15, 0.2) is 47.1 Å². The second kappa shape index (κ2) is 6.45. The first-order chi connectivity index (χ1) is 9.16. The number of aromatic nitrogens is 1. The molecular weight excluding hydrogens is 310 g/mol. The molecule has 2 aromatic rings. The van der Waals surface area contributed by atoms with E-state index in [2.05, 4.69) is 20.9 Å². The lowest BCUT2D eigenvalue weighted by Crippen LogP contribution is -2.00. The van der Waals surface area contributed by atoms with Crippen LogP contribution in [0.25, 0.3) is 0 Å². The molecule has 0 fully saturated rings. The number of carbonyl (C=O) groups is 1. The number of hydrogen-bond acceptors (Lipinski definition) is 3. The van der Waals surface area contributed by atoms with Crippen molar-refractivity contribution >= 4 is 21.9 Å². The summed E-state index contributed by atoms with van der Waals surface area (Å²) in [6, 6.07) is 10.5. The van der Waals surface area contributed by atoms with Gasteiger partial charge in [-0.1, -0.05) is 28.1 Å². The van der Waals surface area contributed by atoms with Crippen molar-refractivity contribution in [3.05, 3.63) is 63.9 Å². The lowest BCUT2D eigenvalue weighted by Gasteiger charge is -2.07. The first kappa shape index (κ1) is 13.7. The minimum Gasteiger partial charge on any atom is -0.478 e. The van der Waals surface area contributed by atoms with Gasteiger partial charge in [0, 0.05) is 10.7 Å². The molecule has 0 spiro atoms. The summed E-state index contributed by atoms with van der Waals surface area (Å²) in [5.41, 5.74) is 2.02. The third kappa shape index (κ3) is 3.87. The first-order valence-electron chi connectivity index (χ1n) is 5.66. The SMILES string of the molecule is O=C(O)c1ccc(COCc2ccccn2)c(Br)c1. The Morgan fingerprint density at radius 2 is 2.11 bits per heavy atom. The van der Waals surface area contributed by atoms with Crippen LogP contribution in [-0.4, -0.2) is 16.1 Å². The molecule has 0 aliphatic heterocycles. The zero-order valence-electron chi connectivity index (χ0n) is 10.0. The highest BCUT2D eigenvalue weighted by Gasteiger charge is 2.06. The lowest BCUT2D eigenvalue weighted by atomic mass is 10.1. The van der Waals surface area contributed by atoms with E-state index in [0.29, 0.717) is 13.2 Å². The molecule has 98 valence electrons. The number of halogens is 1. The molecule has 1 aromatic carbocycles. The van der Waals surface area contributed by atoms with Gasteiger partial charge in [-0.2, -0.15) is 0 Å². The summed E-state index contributed by atoms with van der Waals surface area (Å²) in [5.74, 6) is -0.943. The molecule has 0 aliphatic carbocycles. The Hall–Kier alpha value is -1.72. The Bertz CT molecular complexity index is 572. The van der Waals surface area contributed by atoms with Gasteiger partial charge in [-0.15, -0.1) is 0 Å². The predicted octanol–water partition coefficient (Wildman–Crippen LogP) is 3.26. The number of carboxylic acid groups (broad SMARTS) is 1. The molecule has 0 amide bonds. The highest BCUT2D eigenvalue weighted by Crippen LogP contribution is 2.20. The van der Waals surface area contributed by atoms with Gasteiger partial charge in [0.15, 0.2) is 0 Å². The highest BCUT2D eigenvalue weighted by atomic mass is 79.9. The van der Waals surface area contributed by atoms with Gasteiger partial charge in [-0.05, 0) is 29.8 Å². The molecule has 0 saturated heterocycles. The van der Waals surface area contributed by atoms with Crippen LogP contribution in [0.4, 0.5) is 0 Å². The summed E-state index contributed by atoms with van der Waals surface area (Å²) >= 11 is 3.34. The van der Waals surface area contributed by atoms with Crippen LogP contribution in [0, 0.1) is 0 Å². The molecule has 1 heterocycles. The third-order valence-corrected chi connectivity index (χ3v) is 3.27. The summed E-state index contributed by atoms with van der Waals surface area (Å²) in [4.78, 5) is 15.0. The Morgan fingerprint density at radius 1 is 1.26 bits per heavy atom. The fourth-order valence-electron chi connectivity index (χ4n) is 1.55. The minimum absolute atomic E-state index is 0.250. The quantitative estimate of drug-likeness (QED) is 0.918. The van der Waals surface area contributed by atoms with Crippen LogP contribution in [0.3, 0.4) is 0 Å². The largest absolute Gasteiger partial charge is 0.478 e. The standard InChI is InChI=1S/C14H12BrNO3/c15-13-7-10(14(17)18)4-5-11(13)8-19-9-12-3-1-2-6-16-12/h1-7H,8-9H2,(H,17,18). The molecule has 0 saturated carbocycles. The maximum atomic E-state index is 10.8. The Kier molecular flexibility index (Phi) is 4.65. The minimum atomic E-state index is -0.943. The van der Waals surface area contributed by atoms with Gasteiger partial charge in [0.25, 0.3) is 0 Å². The number of nitrogens with zero attached hydrogens (tertiary/aromatic N) is 1. The molecular formula is C14H12BrNO3. The molecule has 2 rings (SSSR count). The average Bonchev–Trinajstić information content (AvgIpc) is 2.41. The number of carboxylic acids is 1. The zero-order valence-corrected chi connectivity index (χ0v) is 11.6. The number of hydrogen-bond donors (Lipinski definition) is 1. The first-order valence-corrected chi connectivity index (χ1v) is 6.45. The van der Waals surface area contributed by atoms with Crippen LogP contribution in [0.2, 0.25) is 0 Å². The highest BCUT2D eigenvalue weighted by molar-refractivity contribution is 9.10. The van der Waals surface area contributed by atoms with Crippen LogP contribution in [0.5, 0.6) is 0 Å². The van der Waals surface area contributed by atoms with Crippen molar-refractivity contribution in [3.8, 4) is 0 Å². The van der Waals surface area contributed by atoms with Gasteiger partial charge in [-0.25, -0.2) is 4.79 Å².